The van der Waals surface area contributed by atoms with Gasteiger partial charge in [0.15, 0.2) is 0 Å². The van der Waals surface area contributed by atoms with Crippen molar-refractivity contribution in [3.63, 3.8) is 0 Å². The Morgan fingerprint density at radius 1 is 1.04 bits per heavy atom. The lowest BCUT2D eigenvalue weighted by Gasteiger charge is -2.29. The van der Waals surface area contributed by atoms with Gasteiger partial charge in [-0.05, 0) is 67.6 Å². The molecule has 1 aromatic rings. The van der Waals surface area contributed by atoms with Crippen LogP contribution < -0.4 is 0 Å². The first-order valence-corrected chi connectivity index (χ1v) is 11.6. The average molecular weight is 384 g/mol. The number of likely N-dealkylation sites (N-methyl/N-ethyl adjacent to an activating group) is 1. The van der Waals surface area contributed by atoms with Crippen LogP contribution in [0.25, 0.3) is 0 Å². The number of amides is 1. The number of hydrogen-bond donors (Lipinski definition) is 0. The van der Waals surface area contributed by atoms with Gasteiger partial charge in [0.1, 0.15) is 0 Å². The van der Waals surface area contributed by atoms with Gasteiger partial charge in [-0.3, -0.25) is 4.79 Å². The highest BCUT2D eigenvalue weighted by Crippen LogP contribution is 2.37. The molecule has 2 heteroatoms. The molecular formula is C26H41NO. The molecule has 1 amide bonds. The lowest BCUT2D eigenvalue weighted by atomic mass is 9.77. The summed E-state index contributed by atoms with van der Waals surface area (Å²) in [5.74, 6) is 1.75. The van der Waals surface area contributed by atoms with E-state index in [0.717, 1.165) is 31.2 Å². The van der Waals surface area contributed by atoms with E-state index in [1.54, 1.807) is 4.90 Å². The fourth-order valence-electron chi connectivity index (χ4n) is 4.56. The third-order valence-corrected chi connectivity index (χ3v) is 6.52. The van der Waals surface area contributed by atoms with E-state index in [-0.39, 0.29) is 5.91 Å². The molecule has 1 aliphatic rings. The molecule has 0 atom stereocenters. The zero-order chi connectivity index (χ0) is 20.2. The molecule has 0 spiro atoms. The third kappa shape index (κ3) is 7.81. The van der Waals surface area contributed by atoms with Crippen LogP contribution in [-0.4, -0.2) is 24.4 Å². The van der Waals surface area contributed by atoms with Crippen molar-refractivity contribution < 1.29 is 4.79 Å². The standard InChI is InChI=1S/C26H41NO/c1-4-6-7-8-9-11-22-13-17-24(18-14-22)25-19-15-23(16-20-25)12-10-21-27(3)26(28)5-2/h5,15-16,19-20,22,24H,2,4,6-14,17-18,21H2,1,3H3. The fourth-order valence-corrected chi connectivity index (χ4v) is 4.56. The van der Waals surface area contributed by atoms with E-state index in [9.17, 15) is 4.79 Å². The summed E-state index contributed by atoms with van der Waals surface area (Å²) in [6, 6.07) is 9.29. The maximum Gasteiger partial charge on any atom is 0.245 e. The van der Waals surface area contributed by atoms with Gasteiger partial charge in [0.25, 0.3) is 0 Å². The number of aryl methyl sites for hydroxylation is 1. The van der Waals surface area contributed by atoms with Crippen LogP contribution in [0.5, 0.6) is 0 Å². The summed E-state index contributed by atoms with van der Waals surface area (Å²) in [6.45, 7) is 6.62. The van der Waals surface area contributed by atoms with E-state index in [1.807, 2.05) is 7.05 Å². The van der Waals surface area contributed by atoms with Gasteiger partial charge in [-0.15, -0.1) is 0 Å². The summed E-state index contributed by atoms with van der Waals surface area (Å²) in [6.07, 6.45) is 17.5. The van der Waals surface area contributed by atoms with Gasteiger partial charge >= 0.3 is 0 Å². The van der Waals surface area contributed by atoms with Crippen LogP contribution in [0.1, 0.15) is 94.6 Å². The molecule has 28 heavy (non-hydrogen) atoms. The molecule has 1 saturated carbocycles. The molecule has 1 aliphatic carbocycles. The predicted molar refractivity (Wildman–Crippen MR) is 121 cm³/mol. The topological polar surface area (TPSA) is 20.3 Å². The number of rotatable bonds is 12. The van der Waals surface area contributed by atoms with Crippen molar-refractivity contribution in [3.8, 4) is 0 Å². The van der Waals surface area contributed by atoms with Crippen molar-refractivity contribution in [1.29, 1.82) is 0 Å². The van der Waals surface area contributed by atoms with Gasteiger partial charge < -0.3 is 4.90 Å². The molecule has 2 rings (SSSR count). The molecule has 0 radical (unpaired) electrons. The Bertz CT molecular complexity index is 569. The second-order valence-corrected chi connectivity index (χ2v) is 8.73. The second-order valence-electron chi connectivity index (χ2n) is 8.73. The number of carbonyl (C=O) groups is 1. The van der Waals surface area contributed by atoms with Crippen molar-refractivity contribution in [1.82, 2.24) is 4.90 Å². The van der Waals surface area contributed by atoms with Crippen LogP contribution >= 0.6 is 0 Å². The zero-order valence-electron chi connectivity index (χ0n) is 18.3. The molecule has 156 valence electrons. The molecule has 0 unspecified atom stereocenters. The van der Waals surface area contributed by atoms with Crippen molar-refractivity contribution in [3.05, 3.63) is 48.0 Å². The Hall–Kier alpha value is -1.57. The molecule has 0 aliphatic heterocycles. The summed E-state index contributed by atoms with van der Waals surface area (Å²) >= 11 is 0. The van der Waals surface area contributed by atoms with E-state index in [2.05, 4.69) is 37.8 Å². The summed E-state index contributed by atoms with van der Waals surface area (Å²) in [5.41, 5.74) is 2.91. The molecule has 1 aromatic carbocycles. The van der Waals surface area contributed by atoms with Crippen molar-refractivity contribution in [2.45, 2.75) is 89.9 Å². The second kappa shape index (κ2) is 12.8. The van der Waals surface area contributed by atoms with E-state index in [1.165, 1.54) is 81.4 Å². The highest BCUT2D eigenvalue weighted by atomic mass is 16.2. The number of nitrogens with zero attached hydrogens (tertiary/aromatic N) is 1. The lowest BCUT2D eigenvalue weighted by Crippen LogP contribution is -2.25. The van der Waals surface area contributed by atoms with E-state index in [4.69, 9.17) is 0 Å². The monoisotopic (exact) mass is 383 g/mol. The number of hydrogen-bond acceptors (Lipinski definition) is 1. The van der Waals surface area contributed by atoms with Crippen molar-refractivity contribution in [2.24, 2.45) is 5.92 Å². The molecule has 0 N–H and O–H groups in total. The Labute approximate surface area is 173 Å². The normalized spacial score (nSPS) is 19.4. The fraction of sp³-hybridized carbons (Fsp3) is 0.654. The highest BCUT2D eigenvalue weighted by molar-refractivity contribution is 5.86. The zero-order valence-corrected chi connectivity index (χ0v) is 18.3. The Morgan fingerprint density at radius 2 is 1.71 bits per heavy atom. The van der Waals surface area contributed by atoms with Crippen LogP contribution in [-0.2, 0) is 11.2 Å². The Kier molecular flexibility index (Phi) is 10.4. The van der Waals surface area contributed by atoms with Crippen LogP contribution in [0.2, 0.25) is 0 Å². The number of unbranched alkanes of at least 4 members (excludes halogenated alkanes) is 4. The van der Waals surface area contributed by atoms with Gasteiger partial charge in [0.2, 0.25) is 5.91 Å². The minimum atomic E-state index is 0.00640. The molecule has 2 nitrogen and oxygen atoms in total. The van der Waals surface area contributed by atoms with E-state index < -0.39 is 0 Å². The first kappa shape index (κ1) is 22.7. The summed E-state index contributed by atoms with van der Waals surface area (Å²) in [7, 11) is 1.84. The van der Waals surface area contributed by atoms with Crippen LogP contribution in [0, 0.1) is 5.92 Å². The molecule has 0 heterocycles. The van der Waals surface area contributed by atoms with Crippen molar-refractivity contribution in [2.75, 3.05) is 13.6 Å². The largest absolute Gasteiger partial charge is 0.342 e. The molecule has 0 saturated heterocycles. The third-order valence-electron chi connectivity index (χ3n) is 6.52. The maximum atomic E-state index is 11.5. The first-order valence-electron chi connectivity index (χ1n) is 11.6. The first-order chi connectivity index (χ1) is 13.6. The van der Waals surface area contributed by atoms with Gasteiger partial charge in [0, 0.05) is 13.6 Å². The smallest absolute Gasteiger partial charge is 0.245 e. The predicted octanol–water partition coefficient (Wildman–Crippen LogP) is 6.90. The van der Waals surface area contributed by atoms with Gasteiger partial charge in [-0.1, -0.05) is 76.3 Å². The lowest BCUT2D eigenvalue weighted by molar-refractivity contribution is -0.124. The van der Waals surface area contributed by atoms with E-state index in [0.29, 0.717) is 0 Å². The van der Waals surface area contributed by atoms with Gasteiger partial charge in [-0.2, -0.15) is 0 Å². The van der Waals surface area contributed by atoms with E-state index >= 15 is 0 Å². The quantitative estimate of drug-likeness (QED) is 0.284. The summed E-state index contributed by atoms with van der Waals surface area (Å²) in [5, 5.41) is 0. The molecule has 0 bridgehead atoms. The minimum Gasteiger partial charge on any atom is -0.342 e. The average Bonchev–Trinajstić information content (AvgIpc) is 2.74. The maximum absolute atomic E-state index is 11.5. The van der Waals surface area contributed by atoms with Crippen LogP contribution in [0.4, 0.5) is 0 Å². The van der Waals surface area contributed by atoms with Crippen molar-refractivity contribution >= 4 is 5.91 Å². The number of carbonyl (C=O) groups excluding carboxylic acids is 1. The summed E-state index contributed by atoms with van der Waals surface area (Å²) in [4.78, 5) is 13.2. The summed E-state index contributed by atoms with van der Waals surface area (Å²) < 4.78 is 0. The van der Waals surface area contributed by atoms with Gasteiger partial charge in [0.05, 0.1) is 0 Å². The van der Waals surface area contributed by atoms with Crippen LogP contribution in [0.3, 0.4) is 0 Å². The Morgan fingerprint density at radius 3 is 2.36 bits per heavy atom. The molecular weight excluding hydrogens is 342 g/mol. The van der Waals surface area contributed by atoms with Gasteiger partial charge in [-0.25, -0.2) is 0 Å². The molecule has 0 aromatic heterocycles. The highest BCUT2D eigenvalue weighted by Gasteiger charge is 2.22. The molecule has 1 fully saturated rings. The number of benzene rings is 1. The SMILES string of the molecule is C=CC(=O)N(C)CCCc1ccc(C2CCC(CCCCCCC)CC2)cc1. The minimum absolute atomic E-state index is 0.00640. The van der Waals surface area contributed by atoms with Crippen LogP contribution in [0.15, 0.2) is 36.9 Å². The Balaban J connectivity index is 1.67.